The molecule has 0 amide bonds. The highest BCUT2D eigenvalue weighted by molar-refractivity contribution is 6.00. The standard InChI is InChI=1S/C72H53N3/c1-3-15-50(16-4-1)52-28-38-58(39-29-52)74(59-40-30-53(31-41-59)51-17-5-2-6-18-51)60-42-32-54(33-43-60)55-34-44-61(45-35-55)75(62-46-36-56(37-47-62)57-19-14-48-73-49-57)70-27-13-26-69-71(70)65-22-9-12-25-68(65)72(69)66-23-10-7-20-63(66)64-21-8-11-24-67(64)72/h1-18,20-34,36-44,46-49,57H,19,35,45H2. The SMILES string of the molecule is C1=CN=CC(c2ccc(N(C3=CC=C(c4ccc(N(c5ccc(-c6ccccc6)cc5)c5ccc(-c6ccccc6)cc5)cc4)CC3)c3cccc4c3-c3ccccc3C43c4ccccc4-c4ccccc43)cc2)C1. The maximum atomic E-state index is 4.50. The van der Waals surface area contributed by atoms with Crippen LogP contribution in [0.5, 0.6) is 0 Å². The highest BCUT2D eigenvalue weighted by Gasteiger charge is 2.52. The molecule has 75 heavy (non-hydrogen) atoms. The van der Waals surface area contributed by atoms with Gasteiger partial charge in [-0.2, -0.15) is 0 Å². The summed E-state index contributed by atoms with van der Waals surface area (Å²) < 4.78 is 0. The molecule has 1 atom stereocenters. The molecule has 3 aliphatic carbocycles. The minimum Gasteiger partial charge on any atom is -0.314 e. The third kappa shape index (κ3) is 7.53. The Morgan fingerprint density at radius 2 is 0.840 bits per heavy atom. The lowest BCUT2D eigenvalue weighted by atomic mass is 9.70. The number of allylic oxidation sites excluding steroid dienone is 5. The van der Waals surface area contributed by atoms with Gasteiger partial charge in [0, 0.05) is 52.3 Å². The van der Waals surface area contributed by atoms with Gasteiger partial charge in [-0.25, -0.2) is 0 Å². The molecule has 3 heteroatoms. The highest BCUT2D eigenvalue weighted by atomic mass is 15.2. The first kappa shape index (κ1) is 44.4. The van der Waals surface area contributed by atoms with E-state index in [1.165, 1.54) is 94.8 Å². The van der Waals surface area contributed by atoms with Crippen LogP contribution < -0.4 is 9.80 Å². The number of hydrogen-bond acceptors (Lipinski definition) is 3. The van der Waals surface area contributed by atoms with Crippen molar-refractivity contribution in [1.29, 1.82) is 0 Å². The van der Waals surface area contributed by atoms with E-state index in [-0.39, 0.29) is 5.92 Å². The van der Waals surface area contributed by atoms with Crippen molar-refractivity contribution < 1.29 is 0 Å². The molecule has 10 aromatic carbocycles. The van der Waals surface area contributed by atoms with Crippen LogP contribution >= 0.6 is 0 Å². The van der Waals surface area contributed by atoms with Gasteiger partial charge in [0.05, 0.1) is 11.1 Å². The van der Waals surface area contributed by atoms with Crippen molar-refractivity contribution in [3.63, 3.8) is 0 Å². The summed E-state index contributed by atoms with van der Waals surface area (Å²) in [5.74, 6) is 0.269. The Morgan fingerprint density at radius 1 is 0.373 bits per heavy atom. The molecule has 1 unspecified atom stereocenters. The Bertz CT molecular complexity index is 3750. The molecule has 0 saturated heterocycles. The van der Waals surface area contributed by atoms with Gasteiger partial charge in [-0.1, -0.05) is 206 Å². The van der Waals surface area contributed by atoms with E-state index in [4.69, 9.17) is 0 Å². The predicted molar refractivity (Wildman–Crippen MR) is 314 cm³/mol. The molecule has 1 spiro atoms. The van der Waals surface area contributed by atoms with Crippen LogP contribution in [0.1, 0.15) is 58.6 Å². The number of benzene rings is 10. The molecule has 0 fully saturated rings. The Labute approximate surface area is 440 Å². The summed E-state index contributed by atoms with van der Waals surface area (Å²) in [5.41, 5.74) is 25.8. The summed E-state index contributed by atoms with van der Waals surface area (Å²) >= 11 is 0. The van der Waals surface area contributed by atoms with Crippen LogP contribution in [0.25, 0.3) is 50.1 Å². The van der Waals surface area contributed by atoms with Crippen LogP contribution in [0.3, 0.4) is 0 Å². The molecule has 0 radical (unpaired) electrons. The Hall–Kier alpha value is -9.31. The van der Waals surface area contributed by atoms with Crippen molar-refractivity contribution in [3.8, 4) is 44.5 Å². The van der Waals surface area contributed by atoms with Crippen molar-refractivity contribution in [3.05, 3.63) is 312 Å². The smallest absolute Gasteiger partial charge is 0.0726 e. The lowest BCUT2D eigenvalue weighted by Gasteiger charge is -2.33. The first-order valence-electron chi connectivity index (χ1n) is 26.3. The molecule has 14 rings (SSSR count). The number of hydrogen-bond donors (Lipinski definition) is 0. The molecule has 0 aromatic heterocycles. The van der Waals surface area contributed by atoms with Crippen LogP contribution in [0, 0.1) is 0 Å². The maximum Gasteiger partial charge on any atom is 0.0726 e. The number of fused-ring (bicyclic) bond motifs is 10. The molecule has 3 nitrogen and oxygen atoms in total. The van der Waals surface area contributed by atoms with Crippen molar-refractivity contribution in [2.45, 2.75) is 30.6 Å². The Balaban J connectivity index is 0.849. The van der Waals surface area contributed by atoms with Crippen LogP contribution in [-0.4, -0.2) is 6.21 Å². The lowest BCUT2D eigenvalue weighted by molar-refractivity contribution is 0.793. The van der Waals surface area contributed by atoms with E-state index >= 15 is 0 Å². The van der Waals surface area contributed by atoms with Crippen molar-refractivity contribution in [2.24, 2.45) is 4.99 Å². The highest BCUT2D eigenvalue weighted by Crippen LogP contribution is 2.64. The first-order chi connectivity index (χ1) is 37.2. The molecule has 0 saturated carbocycles. The van der Waals surface area contributed by atoms with E-state index in [9.17, 15) is 0 Å². The summed E-state index contributed by atoms with van der Waals surface area (Å²) in [6.45, 7) is 0. The van der Waals surface area contributed by atoms with E-state index in [1.54, 1.807) is 0 Å². The predicted octanol–water partition coefficient (Wildman–Crippen LogP) is 18.8. The fourth-order valence-corrected chi connectivity index (χ4v) is 12.5. The molecular weight excluding hydrogens is 907 g/mol. The second-order valence-electron chi connectivity index (χ2n) is 20.1. The molecule has 4 aliphatic rings. The van der Waals surface area contributed by atoms with Gasteiger partial charge < -0.3 is 9.80 Å². The summed E-state index contributed by atoms with van der Waals surface area (Å²) in [4.78, 5) is 9.43. The van der Waals surface area contributed by atoms with E-state index in [2.05, 4.69) is 288 Å². The fraction of sp³-hybridized carbons (Fsp3) is 0.0694. The normalized spacial score (nSPS) is 15.3. The molecule has 0 bridgehead atoms. The second-order valence-corrected chi connectivity index (χ2v) is 20.1. The minimum atomic E-state index is -0.425. The number of aliphatic imine (C=N–C) groups is 1. The fourth-order valence-electron chi connectivity index (χ4n) is 12.5. The summed E-state index contributed by atoms with van der Waals surface area (Å²) in [5, 5.41) is 0. The van der Waals surface area contributed by atoms with Crippen LogP contribution in [0.2, 0.25) is 0 Å². The zero-order valence-corrected chi connectivity index (χ0v) is 41.6. The quantitative estimate of drug-likeness (QED) is 0.136. The van der Waals surface area contributed by atoms with Crippen LogP contribution in [-0.2, 0) is 5.41 Å². The molecule has 1 heterocycles. The van der Waals surface area contributed by atoms with E-state index in [1.807, 2.05) is 6.20 Å². The number of nitrogens with zero attached hydrogens (tertiary/aromatic N) is 3. The molecule has 10 aromatic rings. The van der Waals surface area contributed by atoms with Crippen LogP contribution in [0.15, 0.2) is 284 Å². The van der Waals surface area contributed by atoms with Gasteiger partial charge in [0.25, 0.3) is 0 Å². The number of anilines is 5. The summed E-state index contributed by atoms with van der Waals surface area (Å²) in [6.07, 6.45) is 13.7. The third-order valence-electron chi connectivity index (χ3n) is 16.0. The Kier molecular flexibility index (Phi) is 11.0. The van der Waals surface area contributed by atoms with Crippen molar-refractivity contribution in [1.82, 2.24) is 0 Å². The van der Waals surface area contributed by atoms with Gasteiger partial charge in [-0.15, -0.1) is 0 Å². The van der Waals surface area contributed by atoms with E-state index in [0.717, 1.165) is 42.0 Å². The summed E-state index contributed by atoms with van der Waals surface area (Å²) in [6, 6.07) is 91.9. The molecule has 0 N–H and O–H groups in total. The Morgan fingerprint density at radius 3 is 1.37 bits per heavy atom. The van der Waals surface area contributed by atoms with Gasteiger partial charge in [0.1, 0.15) is 0 Å². The monoisotopic (exact) mass is 959 g/mol. The van der Waals surface area contributed by atoms with Gasteiger partial charge in [-0.05, 0) is 158 Å². The summed E-state index contributed by atoms with van der Waals surface area (Å²) in [7, 11) is 0. The van der Waals surface area contributed by atoms with Gasteiger partial charge in [0.15, 0.2) is 0 Å². The minimum absolute atomic E-state index is 0.269. The van der Waals surface area contributed by atoms with Gasteiger partial charge in [-0.3, -0.25) is 4.99 Å². The average Bonchev–Trinajstić information content (AvgIpc) is 4.01. The van der Waals surface area contributed by atoms with Crippen molar-refractivity contribution in [2.75, 3.05) is 9.80 Å². The van der Waals surface area contributed by atoms with E-state index in [0.29, 0.717) is 0 Å². The molecule has 356 valence electrons. The second kappa shape index (κ2) is 18.6. The van der Waals surface area contributed by atoms with Gasteiger partial charge in [0.2, 0.25) is 0 Å². The maximum absolute atomic E-state index is 4.50. The van der Waals surface area contributed by atoms with E-state index < -0.39 is 5.41 Å². The zero-order valence-electron chi connectivity index (χ0n) is 41.6. The zero-order chi connectivity index (χ0) is 49.7. The van der Waals surface area contributed by atoms with Gasteiger partial charge >= 0.3 is 0 Å². The largest absolute Gasteiger partial charge is 0.314 e. The number of rotatable bonds is 10. The molecule has 1 aliphatic heterocycles. The topological polar surface area (TPSA) is 18.8 Å². The third-order valence-corrected chi connectivity index (χ3v) is 16.0. The average molecular weight is 960 g/mol. The molecular formula is C72H53N3. The van der Waals surface area contributed by atoms with Crippen molar-refractivity contribution >= 4 is 40.2 Å². The first-order valence-corrected chi connectivity index (χ1v) is 26.3. The lowest BCUT2D eigenvalue weighted by Crippen LogP contribution is -2.26. The van der Waals surface area contributed by atoms with Crippen LogP contribution in [0.4, 0.5) is 28.4 Å².